The first-order chi connectivity index (χ1) is 8.86. The summed E-state index contributed by atoms with van der Waals surface area (Å²) in [4.78, 5) is 23.2. The van der Waals surface area contributed by atoms with E-state index in [1.54, 1.807) is 27.7 Å². The van der Waals surface area contributed by atoms with Crippen LogP contribution in [0.2, 0.25) is 0 Å². The molecule has 0 unspecified atom stereocenters. The Morgan fingerprint density at radius 1 is 1.42 bits per heavy atom. The van der Waals surface area contributed by atoms with E-state index >= 15 is 0 Å². The summed E-state index contributed by atoms with van der Waals surface area (Å²) < 4.78 is 9.88. The molecule has 106 valence electrons. The number of carbonyl (C=O) groups excluding carboxylic acids is 2. The van der Waals surface area contributed by atoms with E-state index in [-0.39, 0.29) is 12.7 Å². The lowest BCUT2D eigenvalue weighted by molar-refractivity contribution is 0.0527. The van der Waals surface area contributed by atoms with Crippen molar-refractivity contribution in [2.45, 2.75) is 33.8 Å². The molecule has 0 saturated heterocycles. The minimum absolute atomic E-state index is 0.220. The van der Waals surface area contributed by atoms with E-state index in [9.17, 15) is 9.59 Å². The van der Waals surface area contributed by atoms with Crippen LogP contribution in [0.15, 0.2) is 0 Å². The Morgan fingerprint density at radius 2 is 2.05 bits per heavy atom. The Labute approximate surface area is 115 Å². The molecular formula is C12H18N2O4S. The minimum Gasteiger partial charge on any atom is -0.462 e. The van der Waals surface area contributed by atoms with Crippen molar-refractivity contribution >= 4 is 33.4 Å². The van der Waals surface area contributed by atoms with Gasteiger partial charge in [0, 0.05) is 5.56 Å². The molecule has 1 amide bonds. The number of amides is 1. The number of hydrogen-bond acceptors (Lipinski definition) is 6. The molecule has 1 heterocycles. The number of nitrogen functional groups attached to an aromatic ring is 1. The van der Waals surface area contributed by atoms with Gasteiger partial charge in [-0.2, -0.15) is 0 Å². The maximum Gasteiger partial charge on any atom is 0.412 e. The van der Waals surface area contributed by atoms with Gasteiger partial charge in [0.15, 0.2) is 0 Å². The first kappa shape index (κ1) is 15.3. The maximum atomic E-state index is 11.7. The van der Waals surface area contributed by atoms with Gasteiger partial charge in [0.05, 0.1) is 18.3 Å². The van der Waals surface area contributed by atoms with Crippen LogP contribution in [0.3, 0.4) is 0 Å². The van der Waals surface area contributed by atoms with Crippen LogP contribution in [0.5, 0.6) is 0 Å². The Kier molecular flexibility index (Phi) is 5.17. The fourth-order valence-corrected chi connectivity index (χ4v) is 2.40. The summed E-state index contributed by atoms with van der Waals surface area (Å²) in [5.41, 5.74) is 6.66. The Morgan fingerprint density at radius 3 is 2.58 bits per heavy atom. The molecule has 0 aliphatic heterocycles. The quantitative estimate of drug-likeness (QED) is 0.830. The van der Waals surface area contributed by atoms with E-state index in [2.05, 4.69) is 5.32 Å². The van der Waals surface area contributed by atoms with Crippen LogP contribution in [0.25, 0.3) is 0 Å². The average molecular weight is 286 g/mol. The fraction of sp³-hybridized carbons (Fsp3) is 0.500. The van der Waals surface area contributed by atoms with Crippen molar-refractivity contribution in [3.8, 4) is 0 Å². The standard InChI is InChI=1S/C12H18N2O4S/c1-5-17-11(15)8-7(4)10(19-9(8)13)14-12(16)18-6(2)3/h6H,5,13H2,1-4H3,(H,14,16). The van der Waals surface area contributed by atoms with Crippen LogP contribution < -0.4 is 11.1 Å². The summed E-state index contributed by atoms with van der Waals surface area (Å²) >= 11 is 1.12. The number of carbonyl (C=O) groups is 2. The van der Waals surface area contributed by atoms with E-state index in [4.69, 9.17) is 15.2 Å². The summed E-state index contributed by atoms with van der Waals surface area (Å²) in [6.45, 7) is 7.18. The van der Waals surface area contributed by atoms with Gasteiger partial charge in [-0.05, 0) is 27.7 Å². The van der Waals surface area contributed by atoms with Crippen molar-refractivity contribution in [2.75, 3.05) is 17.7 Å². The number of esters is 1. The number of ether oxygens (including phenoxy) is 2. The first-order valence-corrected chi connectivity index (χ1v) is 6.72. The van der Waals surface area contributed by atoms with E-state index < -0.39 is 12.1 Å². The minimum atomic E-state index is -0.574. The van der Waals surface area contributed by atoms with Crippen molar-refractivity contribution in [1.29, 1.82) is 0 Å². The number of hydrogen-bond donors (Lipinski definition) is 2. The van der Waals surface area contributed by atoms with E-state index in [1.807, 2.05) is 0 Å². The van der Waals surface area contributed by atoms with Crippen molar-refractivity contribution in [2.24, 2.45) is 0 Å². The molecule has 19 heavy (non-hydrogen) atoms. The third-order valence-electron chi connectivity index (χ3n) is 2.21. The molecule has 0 aromatic carbocycles. The number of thiophene rings is 1. The van der Waals surface area contributed by atoms with Crippen LogP contribution >= 0.6 is 11.3 Å². The second-order valence-corrected chi connectivity index (χ2v) is 5.15. The van der Waals surface area contributed by atoms with Gasteiger partial charge in [-0.3, -0.25) is 5.32 Å². The molecule has 0 saturated carbocycles. The normalized spacial score (nSPS) is 10.4. The molecule has 1 aromatic heterocycles. The number of nitrogens with one attached hydrogen (secondary N) is 1. The lowest BCUT2D eigenvalue weighted by Gasteiger charge is -2.08. The number of nitrogens with two attached hydrogens (primary N) is 1. The maximum absolute atomic E-state index is 11.7. The van der Waals surface area contributed by atoms with Gasteiger partial charge in [-0.15, -0.1) is 0 Å². The van der Waals surface area contributed by atoms with Crippen LogP contribution in [-0.4, -0.2) is 24.8 Å². The second-order valence-electron chi connectivity index (χ2n) is 4.09. The molecule has 0 atom stereocenters. The summed E-state index contributed by atoms with van der Waals surface area (Å²) in [6, 6.07) is 0. The number of anilines is 2. The Bertz CT molecular complexity index is 482. The lowest BCUT2D eigenvalue weighted by atomic mass is 10.2. The van der Waals surface area contributed by atoms with Gasteiger partial charge >= 0.3 is 12.1 Å². The molecule has 0 aliphatic rings. The zero-order chi connectivity index (χ0) is 14.6. The van der Waals surface area contributed by atoms with E-state index in [1.165, 1.54) is 0 Å². The monoisotopic (exact) mass is 286 g/mol. The van der Waals surface area contributed by atoms with Crippen LogP contribution in [0.1, 0.15) is 36.7 Å². The van der Waals surface area contributed by atoms with Gasteiger partial charge in [0.2, 0.25) is 0 Å². The predicted molar refractivity (Wildman–Crippen MR) is 74.7 cm³/mol. The highest BCUT2D eigenvalue weighted by Gasteiger charge is 2.22. The third kappa shape index (κ3) is 3.85. The van der Waals surface area contributed by atoms with Gasteiger partial charge in [-0.1, -0.05) is 11.3 Å². The SMILES string of the molecule is CCOC(=O)c1c(N)sc(NC(=O)OC(C)C)c1C. The molecule has 7 heteroatoms. The molecule has 0 aliphatic carbocycles. The molecule has 0 bridgehead atoms. The zero-order valence-corrected chi connectivity index (χ0v) is 12.2. The highest BCUT2D eigenvalue weighted by molar-refractivity contribution is 7.20. The summed E-state index contributed by atoms with van der Waals surface area (Å²) in [7, 11) is 0. The molecule has 6 nitrogen and oxygen atoms in total. The van der Waals surface area contributed by atoms with Crippen LogP contribution in [-0.2, 0) is 9.47 Å². The molecule has 3 N–H and O–H groups in total. The van der Waals surface area contributed by atoms with Crippen molar-refractivity contribution in [1.82, 2.24) is 0 Å². The molecule has 0 fully saturated rings. The van der Waals surface area contributed by atoms with Crippen LogP contribution in [0.4, 0.5) is 14.8 Å². The van der Waals surface area contributed by atoms with Crippen LogP contribution in [0, 0.1) is 6.92 Å². The van der Waals surface area contributed by atoms with Gasteiger partial charge in [-0.25, -0.2) is 9.59 Å². The largest absolute Gasteiger partial charge is 0.462 e. The molecule has 1 aromatic rings. The average Bonchev–Trinajstić information content (AvgIpc) is 2.53. The molecule has 0 radical (unpaired) electrons. The van der Waals surface area contributed by atoms with Gasteiger partial charge < -0.3 is 15.2 Å². The summed E-state index contributed by atoms with van der Waals surface area (Å²) in [6.07, 6.45) is -0.795. The fourth-order valence-electron chi connectivity index (χ4n) is 1.45. The molecule has 1 rings (SSSR count). The number of rotatable bonds is 4. The Balaban J connectivity index is 2.90. The Hall–Kier alpha value is -1.76. The van der Waals surface area contributed by atoms with E-state index in [0.717, 1.165) is 11.3 Å². The van der Waals surface area contributed by atoms with Gasteiger partial charge in [0.1, 0.15) is 10.0 Å². The summed E-state index contributed by atoms with van der Waals surface area (Å²) in [5, 5.41) is 3.38. The van der Waals surface area contributed by atoms with Crippen molar-refractivity contribution in [3.63, 3.8) is 0 Å². The predicted octanol–water partition coefficient (Wildman–Crippen LogP) is 2.77. The lowest BCUT2D eigenvalue weighted by Crippen LogP contribution is -2.18. The smallest absolute Gasteiger partial charge is 0.412 e. The summed E-state index contributed by atoms with van der Waals surface area (Å²) in [5.74, 6) is -0.487. The highest BCUT2D eigenvalue weighted by Crippen LogP contribution is 2.35. The third-order valence-corrected chi connectivity index (χ3v) is 3.25. The topological polar surface area (TPSA) is 90.6 Å². The van der Waals surface area contributed by atoms with Crippen molar-refractivity contribution in [3.05, 3.63) is 11.1 Å². The highest BCUT2D eigenvalue weighted by atomic mass is 32.1. The van der Waals surface area contributed by atoms with E-state index in [0.29, 0.717) is 21.1 Å². The van der Waals surface area contributed by atoms with Crippen molar-refractivity contribution < 1.29 is 19.1 Å². The zero-order valence-electron chi connectivity index (χ0n) is 11.4. The van der Waals surface area contributed by atoms with Gasteiger partial charge in [0.25, 0.3) is 0 Å². The first-order valence-electron chi connectivity index (χ1n) is 5.90. The second kappa shape index (κ2) is 6.42. The molecule has 0 spiro atoms. The molecular weight excluding hydrogens is 268 g/mol.